The van der Waals surface area contributed by atoms with Gasteiger partial charge in [-0.3, -0.25) is 4.79 Å². The molecule has 1 aromatic rings. The molecule has 6 nitrogen and oxygen atoms in total. The quantitative estimate of drug-likeness (QED) is 0.869. The van der Waals surface area contributed by atoms with Gasteiger partial charge in [0.15, 0.2) is 5.13 Å². The van der Waals surface area contributed by atoms with E-state index in [1.165, 1.54) is 0 Å². The van der Waals surface area contributed by atoms with Crippen LogP contribution in [-0.4, -0.2) is 39.0 Å². The third-order valence-electron chi connectivity index (χ3n) is 4.61. The number of carbonyl (C=O) groups is 2. The van der Waals surface area contributed by atoms with Crippen LogP contribution in [0.4, 0.5) is 5.13 Å². The van der Waals surface area contributed by atoms with Gasteiger partial charge in [0.25, 0.3) is 5.91 Å². The maximum Gasteiger partial charge on any atom is 0.326 e. The number of aliphatic carboxylic acids is 1. The molecule has 114 valence electrons. The van der Waals surface area contributed by atoms with Crippen molar-refractivity contribution < 1.29 is 14.7 Å². The lowest BCUT2D eigenvalue weighted by atomic mass is 9.85. The van der Waals surface area contributed by atoms with E-state index in [1.54, 1.807) is 11.8 Å². The van der Waals surface area contributed by atoms with Crippen molar-refractivity contribution in [3.05, 3.63) is 10.6 Å². The molecule has 1 aliphatic heterocycles. The van der Waals surface area contributed by atoms with Crippen LogP contribution in [0, 0.1) is 12.8 Å². The first-order valence-corrected chi connectivity index (χ1v) is 8.09. The summed E-state index contributed by atoms with van der Waals surface area (Å²) in [7, 11) is 0. The first-order chi connectivity index (χ1) is 9.99. The number of nitrogen functional groups attached to an aromatic ring is 1. The van der Waals surface area contributed by atoms with Crippen molar-refractivity contribution >= 4 is 28.3 Å². The van der Waals surface area contributed by atoms with Crippen LogP contribution in [0.5, 0.6) is 0 Å². The summed E-state index contributed by atoms with van der Waals surface area (Å²) in [4.78, 5) is 30.5. The van der Waals surface area contributed by atoms with E-state index in [0.29, 0.717) is 28.0 Å². The average molecular weight is 309 g/mol. The Bertz CT molecular complexity index is 586. The van der Waals surface area contributed by atoms with Gasteiger partial charge in [0.2, 0.25) is 0 Å². The Morgan fingerprint density at radius 1 is 1.38 bits per heavy atom. The number of anilines is 1. The highest BCUT2D eigenvalue weighted by Crippen LogP contribution is 2.41. The number of nitrogens with zero attached hydrogens (tertiary/aromatic N) is 2. The molecular formula is C14H19N3O3S. The van der Waals surface area contributed by atoms with Gasteiger partial charge in [-0.25, -0.2) is 9.78 Å². The molecule has 3 atom stereocenters. The number of aryl methyl sites for hydroxylation is 1. The number of likely N-dealkylation sites (tertiary alicyclic amines) is 1. The molecule has 1 aliphatic carbocycles. The van der Waals surface area contributed by atoms with E-state index in [9.17, 15) is 14.7 Å². The van der Waals surface area contributed by atoms with Crippen molar-refractivity contribution in [2.75, 3.05) is 5.73 Å². The monoisotopic (exact) mass is 309 g/mol. The molecule has 21 heavy (non-hydrogen) atoms. The standard InChI is InChI=1S/C14H19N3O3S/c1-7-11(21-14(15)16-7)12(18)17-9-5-3-2-4-8(9)6-10(17)13(19)20/h8-10H,2-6H2,1H3,(H2,15,16)(H,19,20). The number of nitrogens with two attached hydrogens (primary N) is 1. The Morgan fingerprint density at radius 3 is 2.71 bits per heavy atom. The predicted octanol–water partition coefficient (Wildman–Crippen LogP) is 1.89. The molecule has 1 amide bonds. The lowest BCUT2D eigenvalue weighted by Crippen LogP contribution is -2.46. The Balaban J connectivity index is 1.94. The number of carboxylic acids is 1. The van der Waals surface area contributed by atoms with Gasteiger partial charge in [0.1, 0.15) is 10.9 Å². The summed E-state index contributed by atoms with van der Waals surface area (Å²) in [6.07, 6.45) is 4.66. The number of amides is 1. The molecule has 0 radical (unpaired) electrons. The Labute approximate surface area is 127 Å². The zero-order valence-electron chi connectivity index (χ0n) is 11.9. The van der Waals surface area contributed by atoms with Crippen molar-refractivity contribution in [2.45, 2.75) is 51.1 Å². The van der Waals surface area contributed by atoms with Gasteiger partial charge in [-0.15, -0.1) is 0 Å². The highest BCUT2D eigenvalue weighted by molar-refractivity contribution is 7.17. The van der Waals surface area contributed by atoms with E-state index in [4.69, 9.17) is 5.73 Å². The molecule has 0 spiro atoms. The Morgan fingerprint density at radius 2 is 2.10 bits per heavy atom. The fourth-order valence-corrected chi connectivity index (χ4v) is 4.48. The molecule has 3 N–H and O–H groups in total. The van der Waals surface area contributed by atoms with E-state index < -0.39 is 12.0 Å². The lowest BCUT2D eigenvalue weighted by Gasteiger charge is -2.32. The normalized spacial score (nSPS) is 28.4. The van der Waals surface area contributed by atoms with E-state index in [1.807, 2.05) is 0 Å². The molecule has 1 saturated heterocycles. The number of hydrogen-bond acceptors (Lipinski definition) is 5. The smallest absolute Gasteiger partial charge is 0.326 e. The van der Waals surface area contributed by atoms with Gasteiger partial charge in [-0.2, -0.15) is 0 Å². The van der Waals surface area contributed by atoms with Crippen LogP contribution in [0.1, 0.15) is 47.5 Å². The maximum absolute atomic E-state index is 12.8. The molecule has 3 unspecified atom stereocenters. The highest BCUT2D eigenvalue weighted by atomic mass is 32.1. The fraction of sp³-hybridized carbons (Fsp3) is 0.643. The molecule has 2 aliphatic rings. The number of thiazole rings is 1. The first-order valence-electron chi connectivity index (χ1n) is 7.27. The number of carbonyl (C=O) groups excluding carboxylic acids is 1. The largest absolute Gasteiger partial charge is 0.480 e. The summed E-state index contributed by atoms with van der Waals surface area (Å²) >= 11 is 1.14. The van der Waals surface area contributed by atoms with Crippen LogP contribution >= 0.6 is 11.3 Å². The SMILES string of the molecule is Cc1nc(N)sc1C(=O)N1C(C(=O)O)CC2CCCCC21. The van der Waals surface area contributed by atoms with Crippen LogP contribution in [-0.2, 0) is 4.79 Å². The second-order valence-corrected chi connectivity index (χ2v) is 6.91. The fourth-order valence-electron chi connectivity index (χ4n) is 3.71. The maximum atomic E-state index is 12.8. The average Bonchev–Trinajstić information content (AvgIpc) is 2.98. The second-order valence-electron chi connectivity index (χ2n) is 5.88. The first kappa shape index (κ1) is 14.3. The number of fused-ring (bicyclic) bond motifs is 1. The minimum absolute atomic E-state index is 0.0510. The minimum Gasteiger partial charge on any atom is -0.480 e. The number of aromatic nitrogens is 1. The van der Waals surface area contributed by atoms with E-state index in [0.717, 1.165) is 37.0 Å². The zero-order chi connectivity index (χ0) is 15.1. The molecule has 3 rings (SSSR count). The van der Waals surface area contributed by atoms with Crippen molar-refractivity contribution in [1.82, 2.24) is 9.88 Å². The van der Waals surface area contributed by atoms with Gasteiger partial charge < -0.3 is 15.7 Å². The number of carboxylic acid groups (broad SMARTS) is 1. The summed E-state index contributed by atoms with van der Waals surface area (Å²) in [6.45, 7) is 1.74. The van der Waals surface area contributed by atoms with Crippen LogP contribution in [0.25, 0.3) is 0 Å². The topological polar surface area (TPSA) is 96.5 Å². The predicted molar refractivity (Wildman–Crippen MR) is 79.2 cm³/mol. The summed E-state index contributed by atoms with van der Waals surface area (Å²) in [5.74, 6) is -0.814. The van der Waals surface area contributed by atoms with Gasteiger partial charge in [0.05, 0.1) is 5.69 Å². The molecule has 7 heteroatoms. The molecule has 2 heterocycles. The molecule has 0 bridgehead atoms. The molecule has 2 fully saturated rings. The molecule has 0 aromatic carbocycles. The zero-order valence-corrected chi connectivity index (χ0v) is 12.7. The Hall–Kier alpha value is -1.63. The van der Waals surface area contributed by atoms with E-state index in [2.05, 4.69) is 4.98 Å². The lowest BCUT2D eigenvalue weighted by molar-refractivity contribution is -0.141. The van der Waals surface area contributed by atoms with Gasteiger partial charge in [-0.1, -0.05) is 24.2 Å². The molecule has 1 aromatic heterocycles. The van der Waals surface area contributed by atoms with Gasteiger partial charge in [0, 0.05) is 6.04 Å². The van der Waals surface area contributed by atoms with Crippen LogP contribution in [0.3, 0.4) is 0 Å². The highest BCUT2D eigenvalue weighted by Gasteiger charge is 2.48. The third kappa shape index (κ3) is 2.39. The minimum atomic E-state index is -0.909. The van der Waals surface area contributed by atoms with Crippen molar-refractivity contribution in [1.29, 1.82) is 0 Å². The van der Waals surface area contributed by atoms with Crippen LogP contribution < -0.4 is 5.73 Å². The second kappa shape index (κ2) is 5.29. The van der Waals surface area contributed by atoms with Crippen LogP contribution in [0.15, 0.2) is 0 Å². The van der Waals surface area contributed by atoms with Gasteiger partial charge in [-0.05, 0) is 32.1 Å². The molecule has 1 saturated carbocycles. The van der Waals surface area contributed by atoms with Crippen molar-refractivity contribution in [2.24, 2.45) is 5.92 Å². The molecular weight excluding hydrogens is 290 g/mol. The van der Waals surface area contributed by atoms with Crippen molar-refractivity contribution in [3.8, 4) is 0 Å². The number of rotatable bonds is 2. The van der Waals surface area contributed by atoms with Crippen LogP contribution in [0.2, 0.25) is 0 Å². The van der Waals surface area contributed by atoms with E-state index >= 15 is 0 Å². The van der Waals surface area contributed by atoms with Gasteiger partial charge >= 0.3 is 5.97 Å². The van der Waals surface area contributed by atoms with E-state index in [-0.39, 0.29) is 11.9 Å². The summed E-state index contributed by atoms with van der Waals surface area (Å²) in [5.41, 5.74) is 6.25. The summed E-state index contributed by atoms with van der Waals surface area (Å²) < 4.78 is 0. The Kier molecular flexibility index (Phi) is 3.61. The summed E-state index contributed by atoms with van der Waals surface area (Å²) in [5, 5.41) is 9.82. The van der Waals surface area contributed by atoms with Crippen molar-refractivity contribution in [3.63, 3.8) is 0 Å². The number of hydrogen-bond donors (Lipinski definition) is 2. The summed E-state index contributed by atoms with van der Waals surface area (Å²) in [6, 6.07) is -0.664. The third-order valence-corrected chi connectivity index (χ3v) is 5.59.